The second-order valence-corrected chi connectivity index (χ2v) is 6.39. The zero-order chi connectivity index (χ0) is 15.5. The molecule has 1 N–H and O–H groups in total. The number of benzene rings is 1. The molecule has 0 aliphatic heterocycles. The molecule has 0 bridgehead atoms. The number of carbonyl (C=O) groups excluding carboxylic acids is 1. The van der Waals surface area contributed by atoms with Crippen LogP contribution in [0.5, 0.6) is 0 Å². The van der Waals surface area contributed by atoms with Crippen LogP contribution in [0.4, 0.5) is 13.2 Å². The van der Waals surface area contributed by atoms with Crippen LogP contribution in [-0.4, -0.2) is 17.3 Å². The lowest BCUT2D eigenvalue weighted by atomic mass is 9.85. The predicted octanol–water partition coefficient (Wildman–Crippen LogP) is 4.03. The zero-order valence-electron chi connectivity index (χ0n) is 11.6. The zero-order valence-corrected chi connectivity index (χ0v) is 13.2. The summed E-state index contributed by atoms with van der Waals surface area (Å²) in [6.07, 6.45) is 0.639. The van der Waals surface area contributed by atoms with Crippen molar-refractivity contribution in [2.24, 2.45) is 5.41 Å². The standard InChI is InChI=1S/C14H17BrF3NO/c1-14(2,3)10(6-7-15)19-13(20)8-4-5-9(16)12(18)11(8)17/h4-5,10H,6-7H2,1-3H3,(H,19,20). The number of alkyl halides is 1. The molecule has 112 valence electrons. The van der Waals surface area contributed by atoms with Gasteiger partial charge in [0.2, 0.25) is 0 Å². The van der Waals surface area contributed by atoms with Crippen molar-refractivity contribution in [3.05, 3.63) is 35.1 Å². The summed E-state index contributed by atoms with van der Waals surface area (Å²) < 4.78 is 39.5. The van der Waals surface area contributed by atoms with Gasteiger partial charge < -0.3 is 5.32 Å². The molecule has 0 heterocycles. The topological polar surface area (TPSA) is 29.1 Å². The first-order valence-electron chi connectivity index (χ1n) is 6.18. The van der Waals surface area contributed by atoms with E-state index in [-0.39, 0.29) is 11.5 Å². The molecule has 0 aliphatic carbocycles. The van der Waals surface area contributed by atoms with E-state index in [0.29, 0.717) is 11.8 Å². The van der Waals surface area contributed by atoms with Crippen molar-refractivity contribution in [1.82, 2.24) is 5.32 Å². The number of amides is 1. The van der Waals surface area contributed by atoms with Crippen LogP contribution in [0.25, 0.3) is 0 Å². The number of hydrogen-bond donors (Lipinski definition) is 1. The molecule has 1 atom stereocenters. The van der Waals surface area contributed by atoms with Crippen molar-refractivity contribution < 1.29 is 18.0 Å². The van der Waals surface area contributed by atoms with Gasteiger partial charge >= 0.3 is 0 Å². The third-order valence-electron chi connectivity index (χ3n) is 3.03. The largest absolute Gasteiger partial charge is 0.349 e. The quantitative estimate of drug-likeness (QED) is 0.643. The monoisotopic (exact) mass is 351 g/mol. The average molecular weight is 352 g/mol. The van der Waals surface area contributed by atoms with Gasteiger partial charge in [-0.15, -0.1) is 0 Å². The van der Waals surface area contributed by atoms with E-state index in [1.165, 1.54) is 0 Å². The fourth-order valence-corrected chi connectivity index (χ4v) is 2.23. The Morgan fingerprint density at radius 2 is 1.85 bits per heavy atom. The molecule has 0 saturated carbocycles. The lowest BCUT2D eigenvalue weighted by Gasteiger charge is -2.31. The molecule has 2 nitrogen and oxygen atoms in total. The highest BCUT2D eigenvalue weighted by molar-refractivity contribution is 9.09. The van der Waals surface area contributed by atoms with E-state index in [1.807, 2.05) is 20.8 Å². The summed E-state index contributed by atoms with van der Waals surface area (Å²) >= 11 is 3.29. The van der Waals surface area contributed by atoms with Gasteiger partial charge in [-0.3, -0.25) is 4.79 Å². The predicted molar refractivity (Wildman–Crippen MR) is 75.4 cm³/mol. The number of rotatable bonds is 4. The van der Waals surface area contributed by atoms with E-state index in [9.17, 15) is 18.0 Å². The fourth-order valence-electron chi connectivity index (χ4n) is 1.77. The maximum absolute atomic E-state index is 13.6. The molecule has 1 rings (SSSR count). The van der Waals surface area contributed by atoms with Crippen molar-refractivity contribution in [2.45, 2.75) is 33.2 Å². The van der Waals surface area contributed by atoms with Crippen molar-refractivity contribution in [2.75, 3.05) is 5.33 Å². The molecule has 20 heavy (non-hydrogen) atoms. The lowest BCUT2D eigenvalue weighted by molar-refractivity contribution is 0.0895. The molecule has 0 saturated heterocycles. The maximum Gasteiger partial charge on any atom is 0.254 e. The highest BCUT2D eigenvalue weighted by Crippen LogP contribution is 2.23. The van der Waals surface area contributed by atoms with Gasteiger partial charge in [-0.2, -0.15) is 0 Å². The van der Waals surface area contributed by atoms with Crippen LogP contribution in [0, 0.1) is 22.9 Å². The Kier molecular flexibility index (Phi) is 5.62. The van der Waals surface area contributed by atoms with Gasteiger partial charge in [-0.05, 0) is 24.0 Å². The summed E-state index contributed by atoms with van der Waals surface area (Å²) in [5.41, 5.74) is -0.730. The van der Waals surface area contributed by atoms with E-state index >= 15 is 0 Å². The van der Waals surface area contributed by atoms with E-state index in [4.69, 9.17) is 0 Å². The Balaban J connectivity index is 2.98. The minimum absolute atomic E-state index is 0.220. The Labute approximate surface area is 124 Å². The summed E-state index contributed by atoms with van der Waals surface area (Å²) in [4.78, 5) is 12.0. The number of halogens is 4. The van der Waals surface area contributed by atoms with Gasteiger partial charge in [0.1, 0.15) is 0 Å². The van der Waals surface area contributed by atoms with Crippen LogP contribution >= 0.6 is 15.9 Å². The third kappa shape index (κ3) is 3.98. The Bertz CT molecular complexity index is 500. The summed E-state index contributed by atoms with van der Waals surface area (Å²) in [5, 5.41) is 3.33. The second-order valence-electron chi connectivity index (χ2n) is 5.59. The molecule has 0 spiro atoms. The van der Waals surface area contributed by atoms with Crippen LogP contribution in [0.2, 0.25) is 0 Å². The van der Waals surface area contributed by atoms with Gasteiger partial charge in [0, 0.05) is 11.4 Å². The van der Waals surface area contributed by atoms with E-state index in [2.05, 4.69) is 21.2 Å². The molecule has 1 amide bonds. The Morgan fingerprint density at radius 1 is 1.25 bits per heavy atom. The summed E-state index contributed by atoms with van der Waals surface area (Å²) in [6.45, 7) is 5.80. The van der Waals surface area contributed by atoms with Crippen molar-refractivity contribution >= 4 is 21.8 Å². The molecule has 0 aromatic heterocycles. The molecule has 6 heteroatoms. The van der Waals surface area contributed by atoms with Crippen LogP contribution in [0.3, 0.4) is 0 Å². The van der Waals surface area contributed by atoms with E-state index in [1.54, 1.807) is 0 Å². The second kappa shape index (κ2) is 6.61. The molecular formula is C14H17BrF3NO. The summed E-state index contributed by atoms with van der Waals surface area (Å²) in [5.74, 6) is -5.16. The summed E-state index contributed by atoms with van der Waals surface area (Å²) in [6, 6.07) is 1.46. The van der Waals surface area contributed by atoms with E-state index in [0.717, 1.165) is 12.1 Å². The van der Waals surface area contributed by atoms with Crippen LogP contribution in [0.15, 0.2) is 12.1 Å². The normalized spacial score (nSPS) is 13.2. The highest BCUT2D eigenvalue weighted by atomic mass is 79.9. The highest BCUT2D eigenvalue weighted by Gasteiger charge is 2.27. The molecule has 0 aliphatic rings. The van der Waals surface area contributed by atoms with Gasteiger partial charge in [-0.1, -0.05) is 36.7 Å². The van der Waals surface area contributed by atoms with Gasteiger partial charge in [0.05, 0.1) is 5.56 Å². The maximum atomic E-state index is 13.6. The molecular weight excluding hydrogens is 335 g/mol. The lowest BCUT2D eigenvalue weighted by Crippen LogP contribution is -2.44. The Morgan fingerprint density at radius 3 is 2.35 bits per heavy atom. The first-order chi connectivity index (χ1) is 9.18. The number of nitrogens with one attached hydrogen (secondary N) is 1. The van der Waals surface area contributed by atoms with Gasteiger partial charge in [-0.25, -0.2) is 13.2 Å². The molecule has 0 fully saturated rings. The number of hydrogen-bond acceptors (Lipinski definition) is 1. The molecule has 0 radical (unpaired) electrons. The molecule has 1 aromatic rings. The van der Waals surface area contributed by atoms with Crippen LogP contribution in [0.1, 0.15) is 37.6 Å². The minimum atomic E-state index is -1.63. The fraction of sp³-hybridized carbons (Fsp3) is 0.500. The van der Waals surface area contributed by atoms with Crippen LogP contribution in [-0.2, 0) is 0 Å². The first-order valence-corrected chi connectivity index (χ1v) is 7.31. The third-order valence-corrected chi connectivity index (χ3v) is 3.49. The summed E-state index contributed by atoms with van der Waals surface area (Å²) in [7, 11) is 0. The number of carbonyl (C=O) groups is 1. The molecule has 1 unspecified atom stereocenters. The average Bonchev–Trinajstić information content (AvgIpc) is 2.34. The first kappa shape index (κ1) is 17.0. The van der Waals surface area contributed by atoms with Crippen molar-refractivity contribution in [3.8, 4) is 0 Å². The van der Waals surface area contributed by atoms with E-state index < -0.39 is 28.9 Å². The SMILES string of the molecule is CC(C)(C)C(CCBr)NC(=O)c1ccc(F)c(F)c1F. The van der Waals surface area contributed by atoms with Gasteiger partial charge in [0.15, 0.2) is 17.5 Å². The van der Waals surface area contributed by atoms with Crippen molar-refractivity contribution in [3.63, 3.8) is 0 Å². The van der Waals surface area contributed by atoms with Gasteiger partial charge in [0.25, 0.3) is 5.91 Å². The van der Waals surface area contributed by atoms with Crippen molar-refractivity contribution in [1.29, 1.82) is 0 Å². The smallest absolute Gasteiger partial charge is 0.254 e. The van der Waals surface area contributed by atoms with Crippen LogP contribution < -0.4 is 5.32 Å². The minimum Gasteiger partial charge on any atom is -0.349 e. The Hall–Kier alpha value is -1.04. The molecule has 1 aromatic carbocycles.